The first-order chi connectivity index (χ1) is 17.1. The maximum atomic E-state index is 14.3. The van der Waals surface area contributed by atoms with Gasteiger partial charge >= 0.3 is 5.97 Å². The van der Waals surface area contributed by atoms with Crippen molar-refractivity contribution >= 4 is 29.3 Å². The van der Waals surface area contributed by atoms with Crippen LogP contribution >= 0.6 is 11.3 Å². The summed E-state index contributed by atoms with van der Waals surface area (Å²) in [4.78, 5) is 33.4. The van der Waals surface area contributed by atoms with Gasteiger partial charge in [-0.25, -0.2) is 9.78 Å². The molecule has 36 heavy (non-hydrogen) atoms. The molecule has 8 nitrogen and oxygen atoms in total. The molecule has 1 saturated heterocycles. The molecule has 4 rings (SSSR count). The van der Waals surface area contributed by atoms with Gasteiger partial charge in [0.25, 0.3) is 5.91 Å². The zero-order chi connectivity index (χ0) is 26.1. The number of carbonyl (C=O) groups is 2. The third-order valence-corrected chi connectivity index (χ3v) is 7.64. The lowest BCUT2D eigenvalue weighted by molar-refractivity contribution is -0.150. The Morgan fingerprint density at radius 2 is 2.11 bits per heavy atom. The number of likely N-dealkylation sites (tertiary alicyclic amines) is 1. The maximum Gasteiger partial charge on any atom is 0.331 e. The number of ether oxygens (including phenoxy) is 1. The minimum absolute atomic E-state index is 0.0115. The fourth-order valence-electron chi connectivity index (χ4n) is 5.25. The summed E-state index contributed by atoms with van der Waals surface area (Å²) in [5.74, 6) is -1.71. The molecule has 9 heteroatoms. The molecule has 3 heterocycles. The van der Waals surface area contributed by atoms with Crippen LogP contribution in [0.15, 0.2) is 54.8 Å². The summed E-state index contributed by atoms with van der Waals surface area (Å²) >= 11 is 1.41. The molecule has 0 unspecified atom stereocenters. The fourth-order valence-corrected chi connectivity index (χ4v) is 6.07. The average molecular weight is 509 g/mol. The van der Waals surface area contributed by atoms with Gasteiger partial charge in [-0.05, 0) is 41.2 Å². The van der Waals surface area contributed by atoms with Gasteiger partial charge in [-0.3, -0.25) is 9.48 Å². The molecule has 0 bridgehead atoms. The Kier molecular flexibility index (Phi) is 7.15. The largest absolute Gasteiger partial charge is 0.479 e. The van der Waals surface area contributed by atoms with Crippen molar-refractivity contribution in [3.8, 4) is 0 Å². The van der Waals surface area contributed by atoms with E-state index in [2.05, 4.69) is 37.4 Å². The Balaban J connectivity index is 1.89. The van der Waals surface area contributed by atoms with Crippen molar-refractivity contribution in [2.24, 2.45) is 5.92 Å². The van der Waals surface area contributed by atoms with Crippen LogP contribution in [0.5, 0.6) is 0 Å². The molecule has 3 atom stereocenters. The van der Waals surface area contributed by atoms with E-state index in [4.69, 9.17) is 4.74 Å². The lowest BCUT2D eigenvalue weighted by atomic mass is 9.83. The number of hydrogen-bond acceptors (Lipinski definition) is 6. The summed E-state index contributed by atoms with van der Waals surface area (Å²) < 4.78 is 7.07. The third kappa shape index (κ3) is 4.60. The van der Waals surface area contributed by atoms with E-state index >= 15 is 0 Å². The van der Waals surface area contributed by atoms with Gasteiger partial charge in [-0.1, -0.05) is 39.5 Å². The van der Waals surface area contributed by atoms with Crippen molar-refractivity contribution in [1.29, 1.82) is 0 Å². The highest BCUT2D eigenvalue weighted by atomic mass is 32.1. The van der Waals surface area contributed by atoms with E-state index in [1.807, 2.05) is 11.4 Å². The molecule has 190 valence electrons. The number of hydrogen-bond donors (Lipinski definition) is 1. The molecule has 3 aromatic rings. The highest BCUT2D eigenvalue weighted by Gasteiger charge is 2.60. The number of aromatic nitrogens is 3. The van der Waals surface area contributed by atoms with Crippen LogP contribution in [-0.2, 0) is 21.5 Å². The van der Waals surface area contributed by atoms with Crippen LogP contribution in [0.2, 0.25) is 0 Å². The molecule has 0 aliphatic carbocycles. The number of carboxylic acids is 1. The van der Waals surface area contributed by atoms with Crippen molar-refractivity contribution in [2.75, 3.05) is 13.7 Å². The molecule has 1 aliphatic heterocycles. The lowest BCUT2D eigenvalue weighted by Crippen LogP contribution is -2.56. The van der Waals surface area contributed by atoms with Crippen LogP contribution in [0.1, 0.15) is 59.7 Å². The minimum atomic E-state index is -1.54. The van der Waals surface area contributed by atoms with Gasteiger partial charge < -0.3 is 14.7 Å². The Morgan fingerprint density at radius 3 is 2.67 bits per heavy atom. The zero-order valence-corrected chi connectivity index (χ0v) is 21.9. The SMILES string of the molecule is C=Cc1cc(C(=O)N2[C@@H](c3nccs3)[C@@H](COC)C[C@@]2(Cn2cccn2)C(=O)O)ccc1C(C)(C)C. The zero-order valence-electron chi connectivity index (χ0n) is 21.0. The molecule has 0 spiro atoms. The van der Waals surface area contributed by atoms with Crippen molar-refractivity contribution in [2.45, 2.75) is 50.7 Å². The summed E-state index contributed by atoms with van der Waals surface area (Å²) in [5, 5.41) is 17.5. The summed E-state index contributed by atoms with van der Waals surface area (Å²) in [7, 11) is 1.58. The van der Waals surface area contributed by atoms with E-state index in [-0.39, 0.29) is 30.2 Å². The van der Waals surface area contributed by atoms with Crippen LogP contribution in [0.25, 0.3) is 6.08 Å². The lowest BCUT2D eigenvalue weighted by Gasteiger charge is -2.37. The fraction of sp³-hybridized carbons (Fsp3) is 0.407. The Bertz CT molecular complexity index is 1230. The number of thiazole rings is 1. The van der Waals surface area contributed by atoms with Crippen molar-refractivity contribution in [3.05, 3.63) is 76.5 Å². The number of carbonyl (C=O) groups excluding carboxylic acids is 1. The van der Waals surface area contributed by atoms with Gasteiger partial charge in [-0.2, -0.15) is 5.10 Å². The molecule has 1 fully saturated rings. The standard InChI is InChI=1S/C27H32N4O4S/c1-6-18-14-19(8-9-21(18)26(2,3)4)24(32)31-22(23-28-11-13-36-23)20(16-35-5)15-27(31,25(33)34)17-30-12-7-10-29-30/h6-14,20,22H,1,15-17H2,2-5H3,(H,33,34)/t20-,22-,27-/m1/s1. The normalized spacial score (nSPS) is 22.1. The van der Waals surface area contributed by atoms with E-state index in [0.29, 0.717) is 17.2 Å². The molecule has 1 N–H and O–H groups in total. The van der Waals surface area contributed by atoms with Gasteiger partial charge in [0.2, 0.25) is 0 Å². The topological polar surface area (TPSA) is 97.6 Å². The number of rotatable bonds is 8. The third-order valence-electron chi connectivity index (χ3n) is 6.80. The van der Waals surface area contributed by atoms with E-state index in [1.165, 1.54) is 16.2 Å². The molecule has 1 aromatic carbocycles. The van der Waals surface area contributed by atoms with Crippen molar-refractivity contribution in [3.63, 3.8) is 0 Å². The Labute approximate surface area is 215 Å². The first-order valence-electron chi connectivity index (χ1n) is 11.8. The molecule has 1 amide bonds. The highest BCUT2D eigenvalue weighted by molar-refractivity contribution is 7.09. The van der Waals surface area contributed by atoms with Crippen LogP contribution in [-0.4, -0.2) is 55.9 Å². The van der Waals surface area contributed by atoms with Gasteiger partial charge in [0.05, 0.1) is 19.2 Å². The second-order valence-electron chi connectivity index (χ2n) is 10.2. The predicted molar refractivity (Wildman–Crippen MR) is 139 cm³/mol. The first kappa shape index (κ1) is 25.8. The van der Waals surface area contributed by atoms with Gasteiger partial charge in [0.1, 0.15) is 5.01 Å². The van der Waals surface area contributed by atoms with Crippen LogP contribution in [0.3, 0.4) is 0 Å². The van der Waals surface area contributed by atoms with Crippen molar-refractivity contribution in [1.82, 2.24) is 19.7 Å². The highest BCUT2D eigenvalue weighted by Crippen LogP contribution is 2.49. The molecule has 1 aliphatic rings. The quantitative estimate of drug-likeness (QED) is 0.476. The van der Waals surface area contributed by atoms with Crippen LogP contribution in [0, 0.1) is 5.92 Å². The van der Waals surface area contributed by atoms with E-state index in [1.54, 1.807) is 54.7 Å². The Hall–Kier alpha value is -3.30. The molecule has 0 saturated carbocycles. The van der Waals surface area contributed by atoms with Gasteiger partial charge in [-0.15, -0.1) is 11.3 Å². The number of aliphatic carboxylic acids is 1. The van der Waals surface area contributed by atoms with Crippen LogP contribution in [0.4, 0.5) is 0 Å². The summed E-state index contributed by atoms with van der Waals surface area (Å²) in [5.41, 5.74) is 0.629. The smallest absolute Gasteiger partial charge is 0.331 e. The van der Waals surface area contributed by atoms with E-state index in [9.17, 15) is 14.7 Å². The first-order valence-corrected chi connectivity index (χ1v) is 12.7. The molecular formula is C27H32N4O4S. The van der Waals surface area contributed by atoms with Crippen LogP contribution < -0.4 is 0 Å². The molecule has 2 aromatic heterocycles. The summed E-state index contributed by atoms with van der Waals surface area (Å²) in [6, 6.07) is 6.70. The van der Waals surface area contributed by atoms with E-state index in [0.717, 1.165) is 11.1 Å². The summed E-state index contributed by atoms with van der Waals surface area (Å²) in [6.07, 6.45) is 6.93. The number of benzene rings is 1. The van der Waals surface area contributed by atoms with Crippen molar-refractivity contribution < 1.29 is 19.4 Å². The number of carboxylic acid groups (broad SMARTS) is 1. The Morgan fingerprint density at radius 1 is 1.33 bits per heavy atom. The predicted octanol–water partition coefficient (Wildman–Crippen LogP) is 4.65. The molecule has 0 radical (unpaired) electrons. The summed E-state index contributed by atoms with van der Waals surface area (Å²) in [6.45, 7) is 10.6. The maximum absolute atomic E-state index is 14.3. The minimum Gasteiger partial charge on any atom is -0.479 e. The van der Waals surface area contributed by atoms with Gasteiger partial charge in [0, 0.05) is 42.6 Å². The number of nitrogens with zero attached hydrogens (tertiary/aromatic N) is 4. The second-order valence-corrected chi connectivity index (χ2v) is 11.1. The second kappa shape index (κ2) is 9.99. The van der Waals surface area contributed by atoms with E-state index < -0.39 is 17.6 Å². The van der Waals surface area contributed by atoms with Gasteiger partial charge in [0.15, 0.2) is 5.54 Å². The number of amides is 1. The monoisotopic (exact) mass is 508 g/mol. The average Bonchev–Trinajstić information content (AvgIpc) is 3.59. The number of methoxy groups -OCH3 is 1. The molecular weight excluding hydrogens is 476 g/mol.